The largest absolute Gasteiger partial charge is 0.471 e. The van der Waals surface area contributed by atoms with E-state index in [1.54, 1.807) is 19.1 Å². The summed E-state index contributed by atoms with van der Waals surface area (Å²) in [7, 11) is 0. The number of amides is 2. The second-order valence-electron chi connectivity index (χ2n) is 7.54. The molecule has 0 radical (unpaired) electrons. The number of aromatic nitrogens is 1. The Morgan fingerprint density at radius 2 is 1.63 bits per heavy atom. The van der Waals surface area contributed by atoms with Gasteiger partial charge in [-0.25, -0.2) is 0 Å². The fourth-order valence-corrected chi connectivity index (χ4v) is 3.72. The number of alkyl halides is 3. The van der Waals surface area contributed by atoms with Crippen LogP contribution < -0.4 is 10.2 Å². The Morgan fingerprint density at radius 3 is 2.20 bits per heavy atom. The molecule has 1 saturated carbocycles. The third kappa shape index (κ3) is 5.17. The molecule has 1 N–H and O–H groups in total. The molecule has 1 aliphatic rings. The van der Waals surface area contributed by atoms with Crippen LogP contribution in [0.15, 0.2) is 48.8 Å². The monoisotopic (exact) mass is 419 g/mol. The van der Waals surface area contributed by atoms with Crippen LogP contribution in [0, 0.1) is 6.92 Å². The average Bonchev–Trinajstić information content (AvgIpc) is 2.73. The summed E-state index contributed by atoms with van der Waals surface area (Å²) in [5.41, 5.74) is 1.09. The molecule has 0 saturated heterocycles. The van der Waals surface area contributed by atoms with Crippen LogP contribution in [0.4, 0.5) is 18.9 Å². The van der Waals surface area contributed by atoms with Gasteiger partial charge in [0.15, 0.2) is 0 Å². The summed E-state index contributed by atoms with van der Waals surface area (Å²) in [4.78, 5) is 30.1. The van der Waals surface area contributed by atoms with Gasteiger partial charge < -0.3 is 5.32 Å². The van der Waals surface area contributed by atoms with E-state index in [1.165, 1.54) is 36.7 Å². The first-order valence-electron chi connectivity index (χ1n) is 9.94. The Labute approximate surface area is 173 Å². The van der Waals surface area contributed by atoms with Crippen molar-refractivity contribution in [1.29, 1.82) is 0 Å². The van der Waals surface area contributed by atoms with Crippen molar-refractivity contribution in [3.05, 3.63) is 59.9 Å². The standard InChI is InChI=1S/C22H24F3N3O2/c1-15-7-9-18(10-8-15)28(21(30)22(23,24)25)19(16-11-13-26-14-12-16)20(29)27-17-5-3-2-4-6-17/h7-14,17,19H,2-6H2,1H3,(H,27,29)/t19-/m0/s1. The molecule has 3 rings (SSSR count). The quantitative estimate of drug-likeness (QED) is 0.778. The SMILES string of the molecule is Cc1ccc(N(C(=O)C(F)(F)F)[C@H](C(=O)NC2CCCCC2)c2ccncc2)cc1. The molecular formula is C22H24F3N3O2. The Bertz CT molecular complexity index is 863. The van der Waals surface area contributed by atoms with E-state index in [4.69, 9.17) is 0 Å². The second kappa shape index (κ2) is 9.28. The molecule has 5 nitrogen and oxygen atoms in total. The maximum atomic E-state index is 13.5. The van der Waals surface area contributed by atoms with E-state index in [0.29, 0.717) is 4.90 Å². The number of nitrogens with zero attached hydrogens (tertiary/aromatic N) is 2. The predicted molar refractivity (Wildman–Crippen MR) is 107 cm³/mol. The van der Waals surface area contributed by atoms with Gasteiger partial charge in [0.2, 0.25) is 5.91 Å². The number of halogens is 3. The smallest absolute Gasteiger partial charge is 0.351 e. The van der Waals surface area contributed by atoms with Crippen molar-refractivity contribution in [2.45, 2.75) is 57.3 Å². The molecule has 1 aliphatic carbocycles. The molecule has 1 fully saturated rings. The third-order valence-electron chi connectivity index (χ3n) is 5.25. The summed E-state index contributed by atoms with van der Waals surface area (Å²) in [5.74, 6) is -2.72. The lowest BCUT2D eigenvalue weighted by atomic mass is 9.94. The van der Waals surface area contributed by atoms with Crippen LogP contribution in [0.5, 0.6) is 0 Å². The number of rotatable bonds is 5. The topological polar surface area (TPSA) is 62.3 Å². The lowest BCUT2D eigenvalue weighted by Crippen LogP contribution is -2.50. The summed E-state index contributed by atoms with van der Waals surface area (Å²) in [6.45, 7) is 1.79. The highest BCUT2D eigenvalue weighted by molar-refractivity contribution is 6.03. The van der Waals surface area contributed by atoms with Gasteiger partial charge in [-0.05, 0) is 49.6 Å². The molecule has 2 amide bonds. The maximum absolute atomic E-state index is 13.5. The Hall–Kier alpha value is -2.90. The van der Waals surface area contributed by atoms with E-state index >= 15 is 0 Å². The highest BCUT2D eigenvalue weighted by Crippen LogP contribution is 2.33. The van der Waals surface area contributed by atoms with Crippen LogP contribution in [0.3, 0.4) is 0 Å². The molecule has 160 valence electrons. The highest BCUT2D eigenvalue weighted by Gasteiger charge is 2.47. The van der Waals surface area contributed by atoms with Crippen molar-refractivity contribution >= 4 is 17.5 Å². The van der Waals surface area contributed by atoms with Gasteiger partial charge in [-0.15, -0.1) is 0 Å². The van der Waals surface area contributed by atoms with Crippen LogP contribution in [0.1, 0.15) is 49.3 Å². The molecule has 0 bridgehead atoms. The Morgan fingerprint density at radius 1 is 1.03 bits per heavy atom. The number of nitrogens with one attached hydrogen (secondary N) is 1. The highest BCUT2D eigenvalue weighted by atomic mass is 19.4. The lowest BCUT2D eigenvalue weighted by Gasteiger charge is -2.33. The number of aryl methyl sites for hydroxylation is 1. The van der Waals surface area contributed by atoms with Crippen LogP contribution >= 0.6 is 0 Å². The van der Waals surface area contributed by atoms with Gasteiger partial charge >= 0.3 is 12.1 Å². The zero-order valence-electron chi connectivity index (χ0n) is 16.7. The molecule has 2 aromatic rings. The van der Waals surface area contributed by atoms with Gasteiger partial charge in [-0.3, -0.25) is 19.5 Å². The van der Waals surface area contributed by atoms with Gasteiger partial charge in [0.1, 0.15) is 6.04 Å². The van der Waals surface area contributed by atoms with Crippen molar-refractivity contribution in [3.8, 4) is 0 Å². The van der Waals surface area contributed by atoms with Gasteiger partial charge in [-0.2, -0.15) is 13.2 Å². The fourth-order valence-electron chi connectivity index (χ4n) is 3.72. The number of carbonyl (C=O) groups is 2. The van der Waals surface area contributed by atoms with Gasteiger partial charge in [0, 0.05) is 24.1 Å². The molecule has 1 aromatic heterocycles. The predicted octanol–water partition coefficient (Wildman–Crippen LogP) is 4.48. The molecule has 1 aromatic carbocycles. The fraction of sp³-hybridized carbons (Fsp3) is 0.409. The number of hydrogen-bond acceptors (Lipinski definition) is 3. The maximum Gasteiger partial charge on any atom is 0.471 e. The van der Waals surface area contributed by atoms with Crippen molar-refractivity contribution in [2.75, 3.05) is 4.90 Å². The zero-order chi connectivity index (χ0) is 21.7. The zero-order valence-corrected chi connectivity index (χ0v) is 16.7. The van der Waals surface area contributed by atoms with E-state index in [-0.39, 0.29) is 17.3 Å². The number of anilines is 1. The Kier molecular flexibility index (Phi) is 6.74. The summed E-state index contributed by atoms with van der Waals surface area (Å²) in [5, 5.41) is 2.86. The van der Waals surface area contributed by atoms with E-state index in [1.807, 2.05) is 0 Å². The van der Waals surface area contributed by atoms with E-state index in [0.717, 1.165) is 37.7 Å². The summed E-state index contributed by atoms with van der Waals surface area (Å²) in [6, 6.07) is 7.38. The van der Waals surface area contributed by atoms with Gasteiger partial charge in [0.25, 0.3) is 0 Å². The third-order valence-corrected chi connectivity index (χ3v) is 5.25. The minimum Gasteiger partial charge on any atom is -0.351 e. The van der Waals surface area contributed by atoms with Crippen molar-refractivity contribution in [1.82, 2.24) is 10.3 Å². The van der Waals surface area contributed by atoms with Gasteiger partial charge in [-0.1, -0.05) is 37.0 Å². The Balaban J connectivity index is 2.04. The summed E-state index contributed by atoms with van der Waals surface area (Å²) in [6.07, 6.45) is 2.16. The normalized spacial score (nSPS) is 16.0. The number of carbonyl (C=O) groups excluding carboxylic acids is 2. The molecular weight excluding hydrogens is 395 g/mol. The molecule has 0 unspecified atom stereocenters. The lowest BCUT2D eigenvalue weighted by molar-refractivity contribution is -0.171. The average molecular weight is 419 g/mol. The van der Waals surface area contributed by atoms with E-state index in [9.17, 15) is 22.8 Å². The summed E-state index contributed by atoms with van der Waals surface area (Å²) >= 11 is 0. The minimum atomic E-state index is -5.14. The first-order chi connectivity index (χ1) is 14.3. The first-order valence-corrected chi connectivity index (χ1v) is 9.94. The van der Waals surface area contributed by atoms with Crippen molar-refractivity contribution in [2.24, 2.45) is 0 Å². The number of pyridine rings is 1. The number of benzene rings is 1. The molecule has 1 heterocycles. The molecule has 1 atom stereocenters. The van der Waals surface area contributed by atoms with E-state index < -0.39 is 24.0 Å². The van der Waals surface area contributed by atoms with E-state index in [2.05, 4.69) is 10.3 Å². The molecule has 0 aliphatic heterocycles. The van der Waals surface area contributed by atoms with Crippen molar-refractivity contribution < 1.29 is 22.8 Å². The molecule has 30 heavy (non-hydrogen) atoms. The molecule has 0 spiro atoms. The number of hydrogen-bond donors (Lipinski definition) is 1. The second-order valence-corrected chi connectivity index (χ2v) is 7.54. The molecule has 8 heteroatoms. The van der Waals surface area contributed by atoms with Crippen LogP contribution in [-0.4, -0.2) is 29.0 Å². The minimum absolute atomic E-state index is 0.00327. The van der Waals surface area contributed by atoms with Crippen LogP contribution in [0.2, 0.25) is 0 Å². The summed E-state index contributed by atoms with van der Waals surface area (Å²) < 4.78 is 40.6. The van der Waals surface area contributed by atoms with Crippen LogP contribution in [-0.2, 0) is 9.59 Å². The van der Waals surface area contributed by atoms with Gasteiger partial charge in [0.05, 0.1) is 0 Å². The van der Waals surface area contributed by atoms with Crippen molar-refractivity contribution in [3.63, 3.8) is 0 Å². The van der Waals surface area contributed by atoms with Crippen LogP contribution in [0.25, 0.3) is 0 Å². The first kappa shape index (κ1) is 21.8.